The maximum Gasteiger partial charge on any atom is 0.254 e. The lowest BCUT2D eigenvalue weighted by Crippen LogP contribution is -2.31. The van der Waals surface area contributed by atoms with Crippen molar-refractivity contribution < 1.29 is 14.3 Å². The minimum absolute atomic E-state index is 0.0295. The third kappa shape index (κ3) is 4.80. The van der Waals surface area contributed by atoms with Gasteiger partial charge in [-0.1, -0.05) is 31.9 Å². The van der Waals surface area contributed by atoms with Crippen LogP contribution in [0, 0.1) is 0 Å². The van der Waals surface area contributed by atoms with Crippen molar-refractivity contribution in [2.24, 2.45) is 0 Å². The molecule has 22 heavy (non-hydrogen) atoms. The normalized spacial score (nSPS) is 10.4. The first-order chi connectivity index (χ1) is 10.6. The van der Waals surface area contributed by atoms with Gasteiger partial charge in [-0.25, -0.2) is 0 Å². The van der Waals surface area contributed by atoms with Crippen molar-refractivity contribution in [1.29, 1.82) is 0 Å². The van der Waals surface area contributed by atoms with E-state index in [1.807, 2.05) is 18.7 Å². The van der Waals surface area contributed by atoms with Gasteiger partial charge in [0.15, 0.2) is 11.5 Å². The highest BCUT2D eigenvalue weighted by Crippen LogP contribution is 2.36. The number of carbonyl (C=O) groups excluding carboxylic acids is 1. The summed E-state index contributed by atoms with van der Waals surface area (Å²) in [6, 6.07) is 3.36. The molecule has 5 heteroatoms. The first-order valence-corrected chi connectivity index (χ1v) is 8.26. The minimum Gasteiger partial charge on any atom is -0.493 e. The van der Waals surface area contributed by atoms with Crippen LogP contribution in [-0.2, 0) is 0 Å². The van der Waals surface area contributed by atoms with Crippen LogP contribution in [0.5, 0.6) is 11.5 Å². The zero-order valence-electron chi connectivity index (χ0n) is 13.9. The second-order valence-corrected chi connectivity index (χ2v) is 5.48. The molecular formula is C17H26ClNO3. The van der Waals surface area contributed by atoms with E-state index in [2.05, 4.69) is 6.92 Å². The summed E-state index contributed by atoms with van der Waals surface area (Å²) in [4.78, 5) is 14.4. The second-order valence-electron chi connectivity index (χ2n) is 5.08. The number of ether oxygens (including phenoxy) is 2. The van der Waals surface area contributed by atoms with Crippen molar-refractivity contribution in [3.63, 3.8) is 0 Å². The van der Waals surface area contributed by atoms with Crippen molar-refractivity contribution in [2.75, 3.05) is 26.8 Å². The molecular weight excluding hydrogens is 302 g/mol. The Hall–Kier alpha value is -1.42. The molecule has 0 radical (unpaired) electrons. The predicted molar refractivity (Wildman–Crippen MR) is 90.3 cm³/mol. The summed E-state index contributed by atoms with van der Waals surface area (Å²) in [5.74, 6) is 0.966. The monoisotopic (exact) mass is 327 g/mol. The average molecular weight is 328 g/mol. The van der Waals surface area contributed by atoms with Crippen LogP contribution in [0.15, 0.2) is 12.1 Å². The van der Waals surface area contributed by atoms with Gasteiger partial charge in [0.2, 0.25) is 0 Å². The summed E-state index contributed by atoms with van der Waals surface area (Å²) in [7, 11) is 1.55. The summed E-state index contributed by atoms with van der Waals surface area (Å²) >= 11 is 6.27. The van der Waals surface area contributed by atoms with Crippen LogP contribution in [0.25, 0.3) is 0 Å². The molecule has 0 saturated carbocycles. The summed E-state index contributed by atoms with van der Waals surface area (Å²) in [5, 5.41) is 0.405. The highest BCUT2D eigenvalue weighted by atomic mass is 35.5. The summed E-state index contributed by atoms with van der Waals surface area (Å²) in [5.41, 5.74) is 0.531. The number of hydrogen-bond acceptors (Lipinski definition) is 3. The van der Waals surface area contributed by atoms with E-state index in [0.29, 0.717) is 35.2 Å². The Kier molecular flexibility index (Phi) is 8.10. The molecule has 0 bridgehead atoms. The average Bonchev–Trinajstić information content (AvgIpc) is 2.53. The third-order valence-electron chi connectivity index (χ3n) is 3.38. The lowest BCUT2D eigenvalue weighted by molar-refractivity contribution is 0.0762. The molecule has 0 saturated heterocycles. The number of benzene rings is 1. The Morgan fingerprint density at radius 1 is 1.23 bits per heavy atom. The third-order valence-corrected chi connectivity index (χ3v) is 3.66. The number of halogens is 1. The molecule has 0 aromatic heterocycles. The van der Waals surface area contributed by atoms with E-state index in [4.69, 9.17) is 21.1 Å². The quantitative estimate of drug-likeness (QED) is 0.674. The fraction of sp³-hybridized carbons (Fsp3) is 0.588. The highest BCUT2D eigenvalue weighted by molar-refractivity contribution is 6.32. The number of nitrogens with zero attached hydrogens (tertiary/aromatic N) is 1. The summed E-state index contributed by atoms with van der Waals surface area (Å²) in [6.07, 6.45) is 2.92. The smallest absolute Gasteiger partial charge is 0.254 e. The maximum absolute atomic E-state index is 12.6. The Morgan fingerprint density at radius 3 is 2.50 bits per heavy atom. The van der Waals surface area contributed by atoms with Crippen LogP contribution in [0.1, 0.15) is 50.4 Å². The number of methoxy groups -OCH3 is 1. The van der Waals surface area contributed by atoms with Crippen molar-refractivity contribution in [2.45, 2.75) is 40.0 Å². The molecule has 0 spiro atoms. The molecule has 1 amide bonds. The van der Waals surface area contributed by atoms with Gasteiger partial charge < -0.3 is 14.4 Å². The van der Waals surface area contributed by atoms with Crippen LogP contribution in [0.2, 0.25) is 5.02 Å². The summed E-state index contributed by atoms with van der Waals surface area (Å²) in [6.45, 7) is 8.09. The van der Waals surface area contributed by atoms with Gasteiger partial charge in [0.25, 0.3) is 5.91 Å². The number of carbonyl (C=O) groups is 1. The molecule has 4 nitrogen and oxygen atoms in total. The second kappa shape index (κ2) is 9.57. The van der Waals surface area contributed by atoms with Crippen LogP contribution >= 0.6 is 11.6 Å². The van der Waals surface area contributed by atoms with E-state index < -0.39 is 0 Å². The Bertz CT molecular complexity index is 491. The molecule has 0 heterocycles. The maximum atomic E-state index is 12.6. The number of hydrogen-bond donors (Lipinski definition) is 0. The number of amides is 1. The van der Waals surface area contributed by atoms with Gasteiger partial charge in [-0.15, -0.1) is 0 Å². The molecule has 0 unspecified atom stereocenters. The molecule has 0 N–H and O–H groups in total. The fourth-order valence-corrected chi connectivity index (χ4v) is 2.39. The van der Waals surface area contributed by atoms with Crippen molar-refractivity contribution in [3.8, 4) is 11.5 Å². The van der Waals surface area contributed by atoms with Gasteiger partial charge in [-0.05, 0) is 31.9 Å². The summed E-state index contributed by atoms with van der Waals surface area (Å²) < 4.78 is 10.9. The van der Waals surface area contributed by atoms with E-state index >= 15 is 0 Å². The zero-order chi connectivity index (χ0) is 16.5. The SMILES string of the molecule is CCCCN(CC)C(=O)c1cc(Cl)c(OCCC)c(OC)c1. The van der Waals surface area contributed by atoms with Crippen LogP contribution in [0.4, 0.5) is 0 Å². The van der Waals surface area contributed by atoms with Crippen molar-refractivity contribution >= 4 is 17.5 Å². The fourth-order valence-electron chi connectivity index (χ4n) is 2.12. The molecule has 0 aliphatic carbocycles. The molecule has 0 aliphatic heterocycles. The van der Waals surface area contributed by atoms with E-state index in [1.54, 1.807) is 19.2 Å². The van der Waals surface area contributed by atoms with Crippen LogP contribution in [-0.4, -0.2) is 37.6 Å². The van der Waals surface area contributed by atoms with Gasteiger partial charge in [0, 0.05) is 18.7 Å². The van der Waals surface area contributed by atoms with Gasteiger partial charge in [0.05, 0.1) is 18.7 Å². The van der Waals surface area contributed by atoms with E-state index in [-0.39, 0.29) is 5.91 Å². The minimum atomic E-state index is -0.0295. The first-order valence-electron chi connectivity index (χ1n) is 7.88. The van der Waals surface area contributed by atoms with Crippen molar-refractivity contribution in [1.82, 2.24) is 4.90 Å². The van der Waals surface area contributed by atoms with Gasteiger partial charge in [-0.3, -0.25) is 4.79 Å². The Morgan fingerprint density at radius 2 is 1.95 bits per heavy atom. The Labute approximate surface area is 138 Å². The molecule has 1 aromatic rings. The zero-order valence-corrected chi connectivity index (χ0v) is 14.7. The first kappa shape index (κ1) is 18.6. The molecule has 0 fully saturated rings. The molecule has 1 aromatic carbocycles. The van der Waals surface area contributed by atoms with Gasteiger partial charge in [-0.2, -0.15) is 0 Å². The molecule has 0 atom stereocenters. The highest BCUT2D eigenvalue weighted by Gasteiger charge is 2.19. The van der Waals surface area contributed by atoms with Gasteiger partial charge in [0.1, 0.15) is 0 Å². The molecule has 124 valence electrons. The topological polar surface area (TPSA) is 38.8 Å². The lowest BCUT2D eigenvalue weighted by atomic mass is 10.1. The Balaban J connectivity index is 3.04. The molecule has 0 aliphatic rings. The van der Waals surface area contributed by atoms with E-state index in [1.165, 1.54) is 0 Å². The van der Waals surface area contributed by atoms with Crippen molar-refractivity contribution in [3.05, 3.63) is 22.7 Å². The van der Waals surface area contributed by atoms with E-state index in [9.17, 15) is 4.79 Å². The van der Waals surface area contributed by atoms with Crippen LogP contribution < -0.4 is 9.47 Å². The van der Waals surface area contributed by atoms with E-state index in [0.717, 1.165) is 25.8 Å². The molecule has 1 rings (SSSR count). The number of rotatable bonds is 9. The standard InChI is InChI=1S/C17H26ClNO3/c1-5-8-9-19(7-3)17(20)13-11-14(18)16(22-10-6-2)15(12-13)21-4/h11-12H,5-10H2,1-4H3. The van der Waals surface area contributed by atoms with Gasteiger partial charge >= 0.3 is 0 Å². The lowest BCUT2D eigenvalue weighted by Gasteiger charge is -2.21. The largest absolute Gasteiger partial charge is 0.493 e. The van der Waals surface area contributed by atoms with Crippen LogP contribution in [0.3, 0.4) is 0 Å². The number of unbranched alkanes of at least 4 members (excludes halogenated alkanes) is 1. The predicted octanol–water partition coefficient (Wildman–Crippen LogP) is 4.40.